The van der Waals surface area contributed by atoms with Crippen LogP contribution in [0.2, 0.25) is 0 Å². The molecule has 0 bridgehead atoms. The molecule has 1 N–H and O–H groups in total. The molecule has 4 aromatic rings. The molecular weight excluding hydrogens is 404 g/mol. The zero-order valence-corrected chi connectivity index (χ0v) is 18.2. The van der Waals surface area contributed by atoms with Crippen LogP contribution in [-0.2, 0) is 0 Å². The maximum absolute atomic E-state index is 11.1. The first-order valence-electron chi connectivity index (χ1n) is 10.7. The number of ether oxygens (including phenoxy) is 1. The van der Waals surface area contributed by atoms with Crippen LogP contribution in [0.3, 0.4) is 0 Å². The van der Waals surface area contributed by atoms with Crippen molar-refractivity contribution >= 4 is 16.9 Å². The number of aliphatic hydroxyl groups is 1. The maximum atomic E-state index is 11.1. The van der Waals surface area contributed by atoms with Crippen molar-refractivity contribution in [2.24, 2.45) is 0 Å². The zero-order valence-electron chi connectivity index (χ0n) is 18.2. The third-order valence-corrected chi connectivity index (χ3v) is 6.07. The van der Waals surface area contributed by atoms with Gasteiger partial charge in [0.15, 0.2) is 5.65 Å². The number of aliphatic hydroxyl groups excluding tert-OH is 1. The number of aryl methyl sites for hydroxylation is 1. The Morgan fingerprint density at radius 1 is 1.00 bits per heavy atom. The molecule has 1 fully saturated rings. The van der Waals surface area contributed by atoms with Crippen LogP contribution in [-0.4, -0.2) is 63.3 Å². The molecule has 3 heterocycles. The summed E-state index contributed by atoms with van der Waals surface area (Å²) in [6.07, 6.45) is 1.05. The second-order valence-corrected chi connectivity index (χ2v) is 7.99. The summed E-state index contributed by atoms with van der Waals surface area (Å²) in [5.41, 5.74) is 5.37. The van der Waals surface area contributed by atoms with E-state index in [0.29, 0.717) is 5.65 Å². The first kappa shape index (κ1) is 20.4. The molecule has 0 amide bonds. The van der Waals surface area contributed by atoms with Crippen molar-refractivity contribution in [2.75, 3.05) is 38.2 Å². The Hall–Kier alpha value is -3.49. The van der Waals surface area contributed by atoms with E-state index in [1.165, 1.54) is 5.69 Å². The van der Waals surface area contributed by atoms with Gasteiger partial charge in [0, 0.05) is 38.1 Å². The third-order valence-electron chi connectivity index (χ3n) is 6.07. The molecule has 164 valence electrons. The van der Waals surface area contributed by atoms with Crippen LogP contribution in [0.15, 0.2) is 60.8 Å². The third kappa shape index (κ3) is 3.79. The first-order valence-corrected chi connectivity index (χ1v) is 10.7. The predicted octanol–water partition coefficient (Wildman–Crippen LogP) is 2.95. The summed E-state index contributed by atoms with van der Waals surface area (Å²) in [4.78, 5) is 8.86. The summed E-state index contributed by atoms with van der Waals surface area (Å²) in [6.45, 7) is 5.25. The molecule has 1 atom stereocenters. The maximum Gasteiger partial charge on any atom is 0.183 e. The highest BCUT2D eigenvalue weighted by molar-refractivity contribution is 5.71. The smallest absolute Gasteiger partial charge is 0.183 e. The van der Waals surface area contributed by atoms with E-state index in [1.807, 2.05) is 49.4 Å². The van der Waals surface area contributed by atoms with Crippen molar-refractivity contribution in [3.05, 3.63) is 71.9 Å². The van der Waals surface area contributed by atoms with E-state index in [-0.39, 0.29) is 0 Å². The Kier molecular flexibility index (Phi) is 5.46. The molecule has 8 nitrogen and oxygen atoms in total. The number of fused-ring (bicyclic) bond motifs is 1. The van der Waals surface area contributed by atoms with Crippen LogP contribution in [0.4, 0.5) is 5.69 Å². The van der Waals surface area contributed by atoms with Crippen molar-refractivity contribution in [1.82, 2.24) is 24.9 Å². The van der Waals surface area contributed by atoms with Crippen LogP contribution in [0, 0.1) is 6.92 Å². The van der Waals surface area contributed by atoms with E-state index >= 15 is 0 Å². The lowest BCUT2D eigenvalue weighted by molar-refractivity contribution is -0.00162. The summed E-state index contributed by atoms with van der Waals surface area (Å²) in [6, 6.07) is 17.8. The van der Waals surface area contributed by atoms with Crippen molar-refractivity contribution in [2.45, 2.75) is 13.2 Å². The summed E-state index contributed by atoms with van der Waals surface area (Å²) in [7, 11) is 1.67. The molecule has 5 rings (SSSR count). The topological polar surface area (TPSA) is 79.5 Å². The van der Waals surface area contributed by atoms with Gasteiger partial charge in [0.05, 0.1) is 12.8 Å². The van der Waals surface area contributed by atoms with Crippen LogP contribution in [0.25, 0.3) is 16.9 Å². The van der Waals surface area contributed by atoms with E-state index in [9.17, 15) is 5.11 Å². The molecule has 0 saturated carbocycles. The minimum absolute atomic E-state index is 0.685. The quantitative estimate of drug-likeness (QED) is 0.521. The Balaban J connectivity index is 1.33. The number of hydrogen-bond acceptors (Lipinski definition) is 7. The van der Waals surface area contributed by atoms with E-state index in [4.69, 9.17) is 4.74 Å². The van der Waals surface area contributed by atoms with Gasteiger partial charge in [-0.1, -0.05) is 17.3 Å². The lowest BCUT2D eigenvalue weighted by Gasteiger charge is -2.38. The number of rotatable bonds is 5. The van der Waals surface area contributed by atoms with E-state index in [1.54, 1.807) is 18.0 Å². The standard InChI is InChI=1S/C24H26N6O2/c1-17-5-6-18(16-22(17)30-23-21(26-27-30)4-3-11-25-23)24(31)29-14-12-28(13-15-29)19-7-9-20(32-2)10-8-19/h3-11,16,24,31H,12-15H2,1-2H3. The molecular formula is C24H26N6O2. The summed E-state index contributed by atoms with van der Waals surface area (Å²) >= 11 is 0. The molecule has 1 saturated heterocycles. The van der Waals surface area contributed by atoms with Crippen molar-refractivity contribution in [3.63, 3.8) is 0 Å². The van der Waals surface area contributed by atoms with Crippen LogP contribution >= 0.6 is 0 Å². The second kappa shape index (κ2) is 8.57. The lowest BCUT2D eigenvalue weighted by Crippen LogP contribution is -2.47. The van der Waals surface area contributed by atoms with Gasteiger partial charge < -0.3 is 14.7 Å². The van der Waals surface area contributed by atoms with Gasteiger partial charge in [-0.3, -0.25) is 4.90 Å². The van der Waals surface area contributed by atoms with Gasteiger partial charge >= 0.3 is 0 Å². The average Bonchev–Trinajstić information content (AvgIpc) is 3.28. The molecule has 0 radical (unpaired) electrons. The average molecular weight is 431 g/mol. The van der Waals surface area contributed by atoms with Crippen LogP contribution in [0.1, 0.15) is 17.4 Å². The minimum Gasteiger partial charge on any atom is -0.497 e. The predicted molar refractivity (Wildman–Crippen MR) is 123 cm³/mol. The fraction of sp³-hybridized carbons (Fsp3) is 0.292. The Bertz CT molecular complexity index is 1210. The van der Waals surface area contributed by atoms with Gasteiger partial charge in [-0.2, -0.15) is 4.68 Å². The van der Waals surface area contributed by atoms with Gasteiger partial charge in [0.2, 0.25) is 0 Å². The zero-order chi connectivity index (χ0) is 22.1. The monoisotopic (exact) mass is 430 g/mol. The summed E-state index contributed by atoms with van der Waals surface area (Å²) in [5, 5.41) is 19.6. The number of hydrogen-bond donors (Lipinski definition) is 1. The molecule has 0 spiro atoms. The van der Waals surface area contributed by atoms with Gasteiger partial charge in [-0.25, -0.2) is 4.98 Å². The lowest BCUT2D eigenvalue weighted by atomic mass is 10.1. The van der Waals surface area contributed by atoms with Gasteiger partial charge in [0.25, 0.3) is 0 Å². The highest BCUT2D eigenvalue weighted by atomic mass is 16.5. The Morgan fingerprint density at radius 2 is 1.78 bits per heavy atom. The summed E-state index contributed by atoms with van der Waals surface area (Å²) < 4.78 is 6.99. The number of nitrogens with zero attached hydrogens (tertiary/aromatic N) is 6. The largest absolute Gasteiger partial charge is 0.497 e. The molecule has 1 unspecified atom stereocenters. The highest BCUT2D eigenvalue weighted by Crippen LogP contribution is 2.27. The highest BCUT2D eigenvalue weighted by Gasteiger charge is 2.24. The fourth-order valence-corrected chi connectivity index (χ4v) is 4.17. The summed E-state index contributed by atoms with van der Waals surface area (Å²) in [5.74, 6) is 0.855. The number of anilines is 1. The molecule has 1 aliphatic heterocycles. The van der Waals surface area contributed by atoms with Crippen molar-refractivity contribution < 1.29 is 9.84 Å². The van der Waals surface area contributed by atoms with Crippen LogP contribution in [0.5, 0.6) is 5.75 Å². The molecule has 2 aromatic carbocycles. The van der Waals surface area contributed by atoms with Gasteiger partial charge in [-0.05, 0) is 60.5 Å². The fourth-order valence-electron chi connectivity index (χ4n) is 4.17. The molecule has 0 aliphatic carbocycles. The minimum atomic E-state index is -0.685. The van der Waals surface area contributed by atoms with E-state index in [2.05, 4.69) is 37.2 Å². The number of methoxy groups -OCH3 is 1. The first-order chi connectivity index (χ1) is 15.6. The normalized spacial score (nSPS) is 15.8. The van der Waals surface area contributed by atoms with Gasteiger partial charge in [0.1, 0.15) is 17.5 Å². The van der Waals surface area contributed by atoms with Crippen molar-refractivity contribution in [3.8, 4) is 11.4 Å². The number of aromatic nitrogens is 4. The Morgan fingerprint density at radius 3 is 2.53 bits per heavy atom. The number of pyridine rings is 1. The van der Waals surface area contributed by atoms with Gasteiger partial charge in [-0.15, -0.1) is 5.10 Å². The Labute approximate surface area is 186 Å². The molecule has 1 aliphatic rings. The van der Waals surface area contributed by atoms with Crippen molar-refractivity contribution in [1.29, 1.82) is 0 Å². The molecule has 8 heteroatoms. The van der Waals surface area contributed by atoms with E-state index < -0.39 is 6.23 Å². The van der Waals surface area contributed by atoms with E-state index in [0.717, 1.165) is 54.3 Å². The van der Waals surface area contributed by atoms with Crippen LogP contribution < -0.4 is 9.64 Å². The number of piperazine rings is 1. The molecule has 2 aromatic heterocycles. The second-order valence-electron chi connectivity index (χ2n) is 7.99. The molecule has 32 heavy (non-hydrogen) atoms. The number of benzene rings is 2. The SMILES string of the molecule is COc1ccc(N2CCN(C(O)c3ccc(C)c(-n4nnc5cccnc54)c3)CC2)cc1.